The van der Waals surface area contributed by atoms with Gasteiger partial charge in [-0.15, -0.1) is 0 Å². The van der Waals surface area contributed by atoms with E-state index in [4.69, 9.17) is 0 Å². The van der Waals surface area contributed by atoms with E-state index in [0.29, 0.717) is 38.6 Å². The van der Waals surface area contributed by atoms with Crippen molar-refractivity contribution in [2.45, 2.75) is 19.8 Å². The van der Waals surface area contributed by atoms with Crippen LogP contribution in [0.25, 0.3) is 0 Å². The van der Waals surface area contributed by atoms with Gasteiger partial charge in [0, 0.05) is 38.5 Å². The zero-order chi connectivity index (χ0) is 24.7. The summed E-state index contributed by atoms with van der Waals surface area (Å²) >= 11 is 0. The fourth-order valence-electron chi connectivity index (χ4n) is 5.27. The summed E-state index contributed by atoms with van der Waals surface area (Å²) in [7, 11) is 1.58. The number of amides is 5. The average Bonchev–Trinajstić information content (AvgIpc) is 2.89. The molecule has 35 heavy (non-hydrogen) atoms. The van der Waals surface area contributed by atoms with Crippen LogP contribution in [0.4, 0.5) is 10.5 Å². The molecule has 4 heterocycles. The van der Waals surface area contributed by atoms with E-state index in [1.807, 2.05) is 24.3 Å². The van der Waals surface area contributed by atoms with E-state index >= 15 is 0 Å². The zero-order valence-electron chi connectivity index (χ0n) is 20.0. The van der Waals surface area contributed by atoms with Gasteiger partial charge in [-0.25, -0.2) is 14.4 Å². The number of urea groups is 1. The van der Waals surface area contributed by atoms with Crippen molar-refractivity contribution in [3.8, 4) is 0 Å². The van der Waals surface area contributed by atoms with Crippen LogP contribution >= 0.6 is 0 Å². The fourth-order valence-corrected chi connectivity index (χ4v) is 5.27. The highest BCUT2D eigenvalue weighted by Gasteiger charge is 2.49. The number of anilines is 1. The van der Waals surface area contributed by atoms with Gasteiger partial charge in [-0.3, -0.25) is 24.2 Å². The third kappa shape index (κ3) is 4.02. The first-order valence-electron chi connectivity index (χ1n) is 12.0. The van der Waals surface area contributed by atoms with Crippen LogP contribution < -0.4 is 4.90 Å². The van der Waals surface area contributed by atoms with Crippen LogP contribution in [0, 0.1) is 5.92 Å². The van der Waals surface area contributed by atoms with Gasteiger partial charge in [0.15, 0.2) is 24.7 Å². The first-order valence-corrected chi connectivity index (χ1v) is 12.0. The second-order valence-corrected chi connectivity index (χ2v) is 9.20. The monoisotopic (exact) mass is 477 g/mol. The maximum atomic E-state index is 13.7. The molecule has 5 amide bonds. The number of rotatable bonds is 2. The highest BCUT2D eigenvalue weighted by Crippen LogP contribution is 2.28. The highest BCUT2D eigenvalue weighted by molar-refractivity contribution is 6.31. The minimum atomic E-state index is -0.770. The molecule has 10 heteroatoms. The number of fused-ring (bicyclic) bond motifs is 2. The largest absolute Gasteiger partial charge is 0.332 e. The lowest BCUT2D eigenvalue weighted by atomic mass is 9.94. The second-order valence-electron chi connectivity index (χ2n) is 9.20. The van der Waals surface area contributed by atoms with E-state index in [-0.39, 0.29) is 18.4 Å². The van der Waals surface area contributed by atoms with Crippen molar-refractivity contribution in [1.29, 1.82) is 0 Å². The Hall–Kier alpha value is -3.82. The van der Waals surface area contributed by atoms with Gasteiger partial charge >= 0.3 is 6.03 Å². The molecule has 4 aliphatic rings. The van der Waals surface area contributed by atoms with Crippen molar-refractivity contribution < 1.29 is 23.8 Å². The Morgan fingerprint density at radius 1 is 1.11 bits per heavy atom. The minimum Gasteiger partial charge on any atom is -0.330 e. The first-order chi connectivity index (χ1) is 16.9. The molecule has 2 saturated heterocycles. The molecule has 182 valence electrons. The van der Waals surface area contributed by atoms with Crippen molar-refractivity contribution in [3.63, 3.8) is 0 Å². The van der Waals surface area contributed by atoms with E-state index < -0.39 is 17.9 Å². The molecule has 2 fully saturated rings. The van der Waals surface area contributed by atoms with E-state index in [0.717, 1.165) is 34.7 Å². The Kier molecular flexibility index (Phi) is 5.96. The van der Waals surface area contributed by atoms with Crippen LogP contribution in [0.3, 0.4) is 0 Å². The number of piperazine rings is 1. The lowest BCUT2D eigenvalue weighted by molar-refractivity contribution is -0.538. The van der Waals surface area contributed by atoms with Crippen molar-refractivity contribution >= 4 is 41.0 Å². The smallest absolute Gasteiger partial charge is 0.330 e. The van der Waals surface area contributed by atoms with Crippen LogP contribution in [0.1, 0.15) is 18.9 Å². The Balaban J connectivity index is 1.41. The molecule has 0 bridgehead atoms. The number of aryl methyl sites for hydroxylation is 1. The maximum absolute atomic E-state index is 13.7. The third-order valence-corrected chi connectivity index (χ3v) is 7.18. The van der Waals surface area contributed by atoms with Gasteiger partial charge < -0.3 is 9.80 Å². The average molecular weight is 478 g/mol. The lowest BCUT2D eigenvalue weighted by Gasteiger charge is -2.38. The summed E-state index contributed by atoms with van der Waals surface area (Å²) in [5.41, 5.74) is 2.67. The summed E-state index contributed by atoms with van der Waals surface area (Å²) < 4.78 is 2.07. The van der Waals surface area contributed by atoms with Crippen LogP contribution in [-0.4, -0.2) is 101 Å². The van der Waals surface area contributed by atoms with E-state index in [1.54, 1.807) is 36.0 Å². The number of imide groups is 1. The Morgan fingerprint density at radius 3 is 2.60 bits per heavy atom. The Morgan fingerprint density at radius 2 is 1.86 bits per heavy atom. The summed E-state index contributed by atoms with van der Waals surface area (Å²) in [5.74, 6) is -1.11. The molecule has 1 unspecified atom stereocenters. The minimum absolute atomic E-state index is 0.0270. The first kappa shape index (κ1) is 22.9. The van der Waals surface area contributed by atoms with E-state index in [9.17, 15) is 19.2 Å². The number of aliphatic imine (C=N–C) groups is 1. The number of carbonyl (C=O) groups is 4. The van der Waals surface area contributed by atoms with Crippen molar-refractivity contribution in [2.75, 3.05) is 51.2 Å². The SMILES string of the molecule is CC(=O)N1CC[N+](=C2C=CN=C3C2C(=O)N(CC(=O)N2CCCc4ccccc42)C(=O)N3C)CC1. The third-order valence-electron chi connectivity index (χ3n) is 7.18. The van der Waals surface area contributed by atoms with Crippen LogP contribution in [0.15, 0.2) is 41.5 Å². The van der Waals surface area contributed by atoms with E-state index in [2.05, 4.69) is 9.57 Å². The van der Waals surface area contributed by atoms with Gasteiger partial charge in [-0.1, -0.05) is 18.2 Å². The molecule has 0 spiro atoms. The van der Waals surface area contributed by atoms with Crippen molar-refractivity contribution in [2.24, 2.45) is 10.9 Å². The van der Waals surface area contributed by atoms with Crippen LogP contribution in [-0.2, 0) is 20.8 Å². The highest BCUT2D eigenvalue weighted by atomic mass is 16.2. The Labute approximate surface area is 203 Å². The molecule has 4 aliphatic heterocycles. The Bertz CT molecular complexity index is 1190. The quantitative estimate of drug-likeness (QED) is 0.587. The standard InChI is InChI=1S/C25H29N6O4/c1-17(32)28-12-14-29(15-13-28)20-9-10-26-23-22(20)24(34)31(25(35)27(23)2)16-21(33)30-11-5-7-18-6-3-4-8-19(18)30/h3-4,6,8-10,22H,5,7,11-16H2,1-2H3/q+1. The normalized spacial score (nSPS) is 22.2. The number of allylic oxidation sites excluding steroid dienone is 1. The molecule has 0 N–H and O–H groups in total. The van der Waals surface area contributed by atoms with Gasteiger partial charge in [-0.2, -0.15) is 0 Å². The number of nitrogens with zero attached hydrogens (tertiary/aromatic N) is 6. The van der Waals surface area contributed by atoms with Crippen molar-refractivity contribution in [3.05, 3.63) is 42.1 Å². The van der Waals surface area contributed by atoms with Gasteiger partial charge in [0.1, 0.15) is 12.4 Å². The predicted octanol–water partition coefficient (Wildman–Crippen LogP) is 0.717. The summed E-state index contributed by atoms with van der Waals surface area (Å²) in [6, 6.07) is 7.19. The zero-order valence-corrected chi connectivity index (χ0v) is 20.0. The van der Waals surface area contributed by atoms with Crippen LogP contribution in [0.2, 0.25) is 0 Å². The van der Waals surface area contributed by atoms with Gasteiger partial charge in [0.05, 0.1) is 13.1 Å². The topological polar surface area (TPSA) is 96.6 Å². The lowest BCUT2D eigenvalue weighted by Crippen LogP contribution is -2.63. The molecule has 0 saturated carbocycles. The van der Waals surface area contributed by atoms with Gasteiger partial charge in [0.2, 0.25) is 11.8 Å². The van der Waals surface area contributed by atoms with Crippen molar-refractivity contribution in [1.82, 2.24) is 14.7 Å². The number of amidine groups is 1. The van der Waals surface area contributed by atoms with Gasteiger partial charge in [-0.05, 0) is 24.5 Å². The number of hydrogen-bond acceptors (Lipinski definition) is 5. The maximum Gasteiger partial charge on any atom is 0.332 e. The van der Waals surface area contributed by atoms with Crippen LogP contribution in [0.5, 0.6) is 0 Å². The fraction of sp³-hybridized carbons (Fsp3) is 0.440. The number of benzene rings is 1. The predicted molar refractivity (Wildman–Crippen MR) is 129 cm³/mol. The molecule has 5 rings (SSSR count). The van der Waals surface area contributed by atoms with E-state index in [1.165, 1.54) is 4.90 Å². The molecule has 1 atom stereocenters. The summed E-state index contributed by atoms with van der Waals surface area (Å²) in [4.78, 5) is 62.1. The molecule has 0 radical (unpaired) electrons. The number of hydrogen-bond donors (Lipinski definition) is 0. The molecule has 1 aromatic rings. The number of carbonyl (C=O) groups excluding carboxylic acids is 4. The molecule has 1 aromatic carbocycles. The second kappa shape index (κ2) is 9.09. The summed E-state index contributed by atoms with van der Waals surface area (Å²) in [5, 5.41) is 0. The summed E-state index contributed by atoms with van der Waals surface area (Å²) in [6.45, 7) is 4.06. The molecular formula is C25H29N6O4+. The molecule has 0 aromatic heterocycles. The van der Waals surface area contributed by atoms with Gasteiger partial charge in [0.25, 0.3) is 5.91 Å². The number of para-hydroxylation sites is 1. The molecule has 0 aliphatic carbocycles. The molecular weight excluding hydrogens is 448 g/mol. The summed E-state index contributed by atoms with van der Waals surface area (Å²) in [6.07, 6.45) is 5.12. The molecule has 10 nitrogen and oxygen atoms in total.